The lowest BCUT2D eigenvalue weighted by atomic mass is 10.1. The summed E-state index contributed by atoms with van der Waals surface area (Å²) >= 11 is 0. The van der Waals surface area contributed by atoms with Crippen molar-refractivity contribution < 1.29 is 19.0 Å². The highest BCUT2D eigenvalue weighted by Crippen LogP contribution is 2.31. The number of anilines is 2. The molecule has 1 aliphatic heterocycles. The number of ether oxygens (including phenoxy) is 1. The van der Waals surface area contributed by atoms with Crippen molar-refractivity contribution in [3.63, 3.8) is 0 Å². The van der Waals surface area contributed by atoms with Gasteiger partial charge in [0, 0.05) is 20.2 Å². The van der Waals surface area contributed by atoms with E-state index in [1.165, 1.54) is 12.1 Å². The van der Waals surface area contributed by atoms with E-state index in [0.717, 1.165) is 6.42 Å². The zero-order valence-corrected chi connectivity index (χ0v) is 10.0. The average Bonchev–Trinajstić information content (AvgIpc) is 2.80. The number of benzene rings is 1. The van der Waals surface area contributed by atoms with E-state index < -0.39 is 11.8 Å². The number of methoxy groups -OCH3 is 1. The van der Waals surface area contributed by atoms with Gasteiger partial charge in [0.05, 0.1) is 17.5 Å². The molecule has 0 spiro atoms. The number of carboxylic acids is 1. The van der Waals surface area contributed by atoms with Crippen molar-refractivity contribution in [1.82, 2.24) is 0 Å². The highest BCUT2D eigenvalue weighted by Gasteiger charge is 2.27. The maximum Gasteiger partial charge on any atom is 0.340 e. The van der Waals surface area contributed by atoms with Gasteiger partial charge >= 0.3 is 5.97 Å². The molecule has 1 unspecified atom stereocenters. The number of rotatable bonds is 3. The first kappa shape index (κ1) is 12.6. The van der Waals surface area contributed by atoms with E-state index in [1.807, 2.05) is 4.90 Å². The monoisotopic (exact) mass is 254 g/mol. The topological polar surface area (TPSA) is 75.8 Å². The number of aromatic carboxylic acids is 1. The molecule has 0 aromatic heterocycles. The molecule has 6 heteroatoms. The summed E-state index contributed by atoms with van der Waals surface area (Å²) in [5.41, 5.74) is 5.46. The van der Waals surface area contributed by atoms with Gasteiger partial charge in [0.15, 0.2) is 0 Å². The Morgan fingerprint density at radius 1 is 1.61 bits per heavy atom. The van der Waals surface area contributed by atoms with Gasteiger partial charge < -0.3 is 20.5 Å². The Labute approximate surface area is 104 Å². The number of hydrogen-bond donors (Lipinski definition) is 2. The van der Waals surface area contributed by atoms with Crippen molar-refractivity contribution in [2.75, 3.05) is 30.8 Å². The van der Waals surface area contributed by atoms with Gasteiger partial charge in [0.1, 0.15) is 11.4 Å². The summed E-state index contributed by atoms with van der Waals surface area (Å²) in [6.07, 6.45) is 0.880. The minimum atomic E-state index is -1.22. The third-order valence-electron chi connectivity index (χ3n) is 3.20. The molecule has 2 rings (SSSR count). The molecule has 0 amide bonds. The summed E-state index contributed by atoms with van der Waals surface area (Å²) in [6.45, 7) is 1.26. The van der Waals surface area contributed by atoms with Crippen molar-refractivity contribution >= 4 is 17.3 Å². The number of nitrogens with zero attached hydrogens (tertiary/aromatic N) is 1. The van der Waals surface area contributed by atoms with E-state index >= 15 is 0 Å². The fraction of sp³-hybridized carbons (Fsp3) is 0.417. The zero-order valence-electron chi connectivity index (χ0n) is 10.0. The number of nitrogen functional groups attached to an aromatic ring is 1. The van der Waals surface area contributed by atoms with Gasteiger partial charge in [0.2, 0.25) is 0 Å². The molecule has 98 valence electrons. The Bertz CT molecular complexity index is 479. The van der Waals surface area contributed by atoms with Crippen molar-refractivity contribution in [3.8, 4) is 0 Å². The van der Waals surface area contributed by atoms with Crippen molar-refractivity contribution in [3.05, 3.63) is 23.5 Å². The maximum atomic E-state index is 13.3. The predicted molar refractivity (Wildman–Crippen MR) is 65.4 cm³/mol. The van der Waals surface area contributed by atoms with Crippen LogP contribution in [0.5, 0.6) is 0 Å². The van der Waals surface area contributed by atoms with Gasteiger partial charge in [-0.05, 0) is 18.6 Å². The van der Waals surface area contributed by atoms with E-state index in [1.54, 1.807) is 7.11 Å². The molecule has 1 fully saturated rings. The second-order valence-corrected chi connectivity index (χ2v) is 4.25. The van der Waals surface area contributed by atoms with Crippen LogP contribution in [-0.4, -0.2) is 37.4 Å². The van der Waals surface area contributed by atoms with Crippen molar-refractivity contribution in [2.24, 2.45) is 0 Å². The summed E-state index contributed by atoms with van der Waals surface area (Å²) in [5, 5.41) is 9.15. The minimum absolute atomic E-state index is 0.0675. The van der Waals surface area contributed by atoms with Crippen molar-refractivity contribution in [1.29, 1.82) is 0 Å². The Morgan fingerprint density at radius 2 is 2.33 bits per heavy atom. The predicted octanol–water partition coefficient (Wildman–Crippen LogP) is 1.33. The molecule has 5 nitrogen and oxygen atoms in total. The molecular weight excluding hydrogens is 239 g/mol. The first-order valence-electron chi connectivity index (χ1n) is 5.63. The highest BCUT2D eigenvalue weighted by atomic mass is 19.1. The van der Waals surface area contributed by atoms with Gasteiger partial charge in [-0.1, -0.05) is 0 Å². The summed E-state index contributed by atoms with van der Waals surface area (Å²) < 4.78 is 18.5. The second-order valence-electron chi connectivity index (χ2n) is 4.25. The van der Waals surface area contributed by atoms with Crippen LogP contribution in [0.2, 0.25) is 0 Å². The van der Waals surface area contributed by atoms with E-state index in [2.05, 4.69) is 0 Å². The Balaban J connectivity index is 2.39. The summed E-state index contributed by atoms with van der Waals surface area (Å²) in [7, 11) is 1.62. The first-order chi connectivity index (χ1) is 8.54. The molecule has 1 atom stereocenters. The zero-order chi connectivity index (χ0) is 13.3. The maximum absolute atomic E-state index is 13.3. The Hall–Kier alpha value is -1.82. The normalized spacial score (nSPS) is 19.2. The Kier molecular flexibility index (Phi) is 3.38. The SMILES string of the molecule is COC1CCN(c2ccc(F)c(N)c2C(=O)O)C1. The van der Waals surface area contributed by atoms with Crippen LogP contribution < -0.4 is 10.6 Å². The van der Waals surface area contributed by atoms with Crippen LogP contribution in [0.15, 0.2) is 12.1 Å². The average molecular weight is 254 g/mol. The third kappa shape index (κ3) is 2.11. The summed E-state index contributed by atoms with van der Waals surface area (Å²) in [5.74, 6) is -1.93. The third-order valence-corrected chi connectivity index (χ3v) is 3.20. The minimum Gasteiger partial charge on any atom is -0.478 e. The van der Waals surface area contributed by atoms with Crippen LogP contribution in [0.3, 0.4) is 0 Å². The van der Waals surface area contributed by atoms with Crippen LogP contribution in [0.1, 0.15) is 16.8 Å². The van der Waals surface area contributed by atoms with E-state index in [-0.39, 0.29) is 17.4 Å². The molecule has 1 aromatic rings. The van der Waals surface area contributed by atoms with E-state index in [9.17, 15) is 9.18 Å². The number of halogens is 1. The first-order valence-corrected chi connectivity index (χ1v) is 5.63. The van der Waals surface area contributed by atoms with Gasteiger partial charge in [-0.3, -0.25) is 0 Å². The van der Waals surface area contributed by atoms with Gasteiger partial charge in [-0.25, -0.2) is 9.18 Å². The molecule has 0 saturated carbocycles. The lowest BCUT2D eigenvalue weighted by Crippen LogP contribution is -2.25. The summed E-state index contributed by atoms with van der Waals surface area (Å²) in [6, 6.07) is 2.64. The lowest BCUT2D eigenvalue weighted by molar-refractivity contribution is 0.0698. The number of carbonyl (C=O) groups is 1. The molecule has 1 saturated heterocycles. The van der Waals surface area contributed by atoms with E-state index in [4.69, 9.17) is 15.6 Å². The molecule has 0 radical (unpaired) electrons. The van der Waals surface area contributed by atoms with Crippen LogP contribution >= 0.6 is 0 Å². The van der Waals surface area contributed by atoms with Gasteiger partial charge in [0.25, 0.3) is 0 Å². The molecule has 3 N–H and O–H groups in total. The quantitative estimate of drug-likeness (QED) is 0.796. The molecule has 0 aliphatic carbocycles. The smallest absolute Gasteiger partial charge is 0.340 e. The molecule has 1 heterocycles. The van der Waals surface area contributed by atoms with Gasteiger partial charge in [-0.15, -0.1) is 0 Å². The van der Waals surface area contributed by atoms with Crippen LogP contribution in [0.4, 0.5) is 15.8 Å². The fourth-order valence-electron chi connectivity index (χ4n) is 2.21. The lowest BCUT2D eigenvalue weighted by Gasteiger charge is -2.21. The standard InChI is InChI=1S/C12H15FN2O3/c1-18-7-4-5-15(6-7)9-3-2-8(13)11(14)10(9)12(16)17/h2-3,7H,4-6,14H2,1H3,(H,16,17). The van der Waals surface area contributed by atoms with Gasteiger partial charge in [-0.2, -0.15) is 0 Å². The largest absolute Gasteiger partial charge is 0.478 e. The fourth-order valence-corrected chi connectivity index (χ4v) is 2.21. The van der Waals surface area contributed by atoms with Crippen LogP contribution in [0, 0.1) is 5.82 Å². The Morgan fingerprint density at radius 3 is 2.89 bits per heavy atom. The second kappa shape index (κ2) is 4.81. The van der Waals surface area contributed by atoms with Crippen LogP contribution in [-0.2, 0) is 4.74 Å². The molecule has 18 heavy (non-hydrogen) atoms. The molecule has 1 aromatic carbocycles. The number of carboxylic acid groups (broad SMARTS) is 1. The summed E-state index contributed by atoms with van der Waals surface area (Å²) in [4.78, 5) is 13.1. The van der Waals surface area contributed by atoms with E-state index in [0.29, 0.717) is 18.8 Å². The molecule has 1 aliphatic rings. The van der Waals surface area contributed by atoms with Crippen molar-refractivity contribution in [2.45, 2.75) is 12.5 Å². The number of hydrogen-bond acceptors (Lipinski definition) is 4. The number of nitrogens with two attached hydrogens (primary N) is 1. The molecule has 0 bridgehead atoms. The van der Waals surface area contributed by atoms with Crippen LogP contribution in [0.25, 0.3) is 0 Å². The highest BCUT2D eigenvalue weighted by molar-refractivity contribution is 6.00. The molecular formula is C12H15FN2O3.